The zero-order valence-corrected chi connectivity index (χ0v) is 14.4. The van der Waals surface area contributed by atoms with E-state index < -0.39 is 24.8 Å². The minimum atomic E-state index is -1.99. The molecule has 0 aromatic carbocycles. The van der Waals surface area contributed by atoms with Crippen LogP contribution in [0.3, 0.4) is 0 Å². The van der Waals surface area contributed by atoms with Crippen LogP contribution in [0.25, 0.3) is 0 Å². The first-order chi connectivity index (χ1) is 11.0. The average Bonchev–Trinajstić information content (AvgIpc) is 2.55. The van der Waals surface area contributed by atoms with Crippen molar-refractivity contribution in [1.29, 1.82) is 0 Å². The third kappa shape index (κ3) is 4.85. The summed E-state index contributed by atoms with van der Waals surface area (Å²) in [5.74, 6) is 1.61. The minimum absolute atomic E-state index is 0. The SMILES string of the molecule is CC1CCC(CC2COC(C3CC(F)C(F)C(F)C3)OC2)CC1.O.[HH]. The molecule has 2 atom stereocenters. The van der Waals surface area contributed by atoms with E-state index in [1.165, 1.54) is 25.7 Å². The third-order valence-corrected chi connectivity index (χ3v) is 5.93. The van der Waals surface area contributed by atoms with E-state index >= 15 is 0 Å². The van der Waals surface area contributed by atoms with Crippen molar-refractivity contribution in [1.82, 2.24) is 0 Å². The number of ether oxygens (including phenoxy) is 2. The van der Waals surface area contributed by atoms with Gasteiger partial charge in [0.15, 0.2) is 12.5 Å². The van der Waals surface area contributed by atoms with E-state index in [2.05, 4.69) is 6.92 Å². The van der Waals surface area contributed by atoms with Crippen molar-refractivity contribution in [3.63, 3.8) is 0 Å². The normalized spacial score (nSPS) is 47.0. The van der Waals surface area contributed by atoms with E-state index in [-0.39, 0.29) is 25.7 Å². The maximum atomic E-state index is 13.5. The van der Waals surface area contributed by atoms with Crippen molar-refractivity contribution in [3.8, 4) is 0 Å². The fraction of sp³-hybridized carbons (Fsp3) is 1.00. The highest BCUT2D eigenvalue weighted by Gasteiger charge is 2.43. The van der Waals surface area contributed by atoms with Crippen LogP contribution in [0, 0.1) is 23.7 Å². The summed E-state index contributed by atoms with van der Waals surface area (Å²) in [5.41, 5.74) is 0. The second kappa shape index (κ2) is 8.86. The maximum Gasteiger partial charge on any atom is 0.162 e. The molecule has 2 aliphatic carbocycles. The van der Waals surface area contributed by atoms with Gasteiger partial charge in [-0.1, -0.05) is 32.6 Å². The van der Waals surface area contributed by atoms with Gasteiger partial charge in [0.25, 0.3) is 0 Å². The predicted molar refractivity (Wildman–Crippen MR) is 88.1 cm³/mol. The van der Waals surface area contributed by atoms with Gasteiger partial charge in [0.2, 0.25) is 0 Å². The Labute approximate surface area is 144 Å². The smallest absolute Gasteiger partial charge is 0.162 e. The van der Waals surface area contributed by atoms with Crippen LogP contribution in [0.15, 0.2) is 0 Å². The Morgan fingerprint density at radius 1 is 0.875 bits per heavy atom. The summed E-state index contributed by atoms with van der Waals surface area (Å²) in [4.78, 5) is 0. The molecular weight excluding hydrogens is 321 g/mol. The highest BCUT2D eigenvalue weighted by molar-refractivity contribution is 4.89. The Balaban J connectivity index is 0.00000156. The number of hydrogen-bond donors (Lipinski definition) is 0. The molecule has 1 heterocycles. The van der Waals surface area contributed by atoms with E-state index in [4.69, 9.17) is 9.47 Å². The molecule has 0 amide bonds. The Bertz CT molecular complexity index is 363. The first-order valence-corrected chi connectivity index (χ1v) is 9.18. The Morgan fingerprint density at radius 2 is 1.42 bits per heavy atom. The zero-order chi connectivity index (χ0) is 16.4. The van der Waals surface area contributed by atoms with Crippen molar-refractivity contribution in [2.75, 3.05) is 13.2 Å². The molecule has 3 nitrogen and oxygen atoms in total. The van der Waals surface area contributed by atoms with Gasteiger partial charge in [-0.25, -0.2) is 13.2 Å². The number of rotatable bonds is 3. The fourth-order valence-electron chi connectivity index (χ4n) is 4.39. The number of alkyl halides is 3. The molecule has 1 aliphatic heterocycles. The van der Waals surface area contributed by atoms with E-state index in [1.807, 2.05) is 0 Å². The van der Waals surface area contributed by atoms with Crippen LogP contribution in [0.4, 0.5) is 13.2 Å². The van der Waals surface area contributed by atoms with Crippen molar-refractivity contribution in [2.24, 2.45) is 23.7 Å². The molecule has 144 valence electrons. The fourth-order valence-corrected chi connectivity index (χ4v) is 4.39. The number of hydrogen-bond acceptors (Lipinski definition) is 2. The molecule has 3 fully saturated rings. The van der Waals surface area contributed by atoms with Gasteiger partial charge in [-0.2, -0.15) is 0 Å². The van der Waals surface area contributed by atoms with E-state index in [9.17, 15) is 13.2 Å². The molecule has 3 aliphatic rings. The molecular formula is C18H33F3O3. The van der Waals surface area contributed by atoms with Gasteiger partial charge in [-0.15, -0.1) is 0 Å². The summed E-state index contributed by atoms with van der Waals surface area (Å²) >= 11 is 0. The molecule has 2 N–H and O–H groups in total. The molecule has 2 saturated carbocycles. The second-order valence-electron chi connectivity index (χ2n) is 7.97. The van der Waals surface area contributed by atoms with Gasteiger partial charge in [0.1, 0.15) is 12.3 Å². The molecule has 2 unspecified atom stereocenters. The summed E-state index contributed by atoms with van der Waals surface area (Å²) in [5, 5.41) is 0. The summed E-state index contributed by atoms with van der Waals surface area (Å²) < 4.78 is 51.8. The lowest BCUT2D eigenvalue weighted by Crippen LogP contribution is -2.45. The van der Waals surface area contributed by atoms with Gasteiger partial charge in [0, 0.05) is 13.3 Å². The van der Waals surface area contributed by atoms with Crippen molar-refractivity contribution < 1.29 is 29.5 Å². The van der Waals surface area contributed by atoms with Crippen LogP contribution in [0.2, 0.25) is 0 Å². The largest absolute Gasteiger partial charge is 0.412 e. The molecule has 0 radical (unpaired) electrons. The van der Waals surface area contributed by atoms with E-state index in [1.54, 1.807) is 0 Å². The predicted octanol–water partition coefficient (Wildman–Crippen LogP) is 4.04. The molecule has 1 saturated heterocycles. The van der Waals surface area contributed by atoms with Crippen LogP contribution in [0.1, 0.15) is 53.3 Å². The Morgan fingerprint density at radius 3 is 1.96 bits per heavy atom. The first-order valence-electron chi connectivity index (χ1n) is 9.18. The second-order valence-corrected chi connectivity index (χ2v) is 7.97. The molecule has 0 aromatic heterocycles. The average molecular weight is 354 g/mol. The molecule has 3 rings (SSSR count). The molecule has 0 spiro atoms. The van der Waals surface area contributed by atoms with Gasteiger partial charge in [-0.05, 0) is 31.1 Å². The van der Waals surface area contributed by atoms with Crippen LogP contribution < -0.4 is 0 Å². The highest BCUT2D eigenvalue weighted by atomic mass is 19.2. The first kappa shape index (κ1) is 20.0. The lowest BCUT2D eigenvalue weighted by atomic mass is 9.79. The van der Waals surface area contributed by atoms with Crippen LogP contribution in [-0.4, -0.2) is 43.5 Å². The highest BCUT2D eigenvalue weighted by Crippen LogP contribution is 2.37. The molecule has 6 heteroatoms. The van der Waals surface area contributed by atoms with Crippen LogP contribution in [0.5, 0.6) is 0 Å². The summed E-state index contributed by atoms with van der Waals surface area (Å²) in [7, 11) is 0. The monoisotopic (exact) mass is 354 g/mol. The molecule has 24 heavy (non-hydrogen) atoms. The van der Waals surface area contributed by atoms with Crippen LogP contribution in [-0.2, 0) is 9.47 Å². The minimum Gasteiger partial charge on any atom is -0.412 e. The topological polar surface area (TPSA) is 50.0 Å². The van der Waals surface area contributed by atoms with Gasteiger partial charge < -0.3 is 14.9 Å². The summed E-state index contributed by atoms with van der Waals surface area (Å²) in [6.45, 7) is 3.51. The van der Waals surface area contributed by atoms with Gasteiger partial charge >= 0.3 is 0 Å². The third-order valence-electron chi connectivity index (χ3n) is 5.93. The van der Waals surface area contributed by atoms with Gasteiger partial charge in [-0.3, -0.25) is 0 Å². The van der Waals surface area contributed by atoms with Crippen molar-refractivity contribution in [2.45, 2.75) is 76.7 Å². The van der Waals surface area contributed by atoms with E-state index in [0.717, 1.165) is 18.3 Å². The standard InChI is InChI=1S/C18H29F3O2.H2O.H2/c1-11-2-4-12(5-3-11)6-13-9-22-18(23-10-13)14-7-15(19)17(21)16(20)8-14;;/h11-18H,2-10H2,1H3;1H2;1H. The van der Waals surface area contributed by atoms with Crippen molar-refractivity contribution >= 4 is 0 Å². The quantitative estimate of drug-likeness (QED) is 0.768. The summed E-state index contributed by atoms with van der Waals surface area (Å²) in [6, 6.07) is 0. The maximum absolute atomic E-state index is 13.5. The number of halogens is 3. The zero-order valence-electron chi connectivity index (χ0n) is 14.4. The van der Waals surface area contributed by atoms with Crippen LogP contribution >= 0.6 is 0 Å². The Kier molecular flexibility index (Phi) is 7.38. The lowest BCUT2D eigenvalue weighted by molar-refractivity contribution is -0.237. The molecule has 0 bridgehead atoms. The Hall–Kier alpha value is -0.330. The van der Waals surface area contributed by atoms with E-state index in [0.29, 0.717) is 19.1 Å². The molecule has 0 aromatic rings. The van der Waals surface area contributed by atoms with Gasteiger partial charge in [0.05, 0.1) is 13.2 Å². The lowest BCUT2D eigenvalue weighted by Gasteiger charge is -2.39. The van der Waals surface area contributed by atoms with Crippen molar-refractivity contribution in [3.05, 3.63) is 0 Å². The summed E-state index contributed by atoms with van der Waals surface area (Å²) in [6.07, 6.45) is 0.272.